The minimum absolute atomic E-state index is 0. The Kier molecular flexibility index (Phi) is 3.88. The first-order valence-electron chi connectivity index (χ1n) is 4.42. The Morgan fingerprint density at radius 3 is 2.14 bits per heavy atom. The molecule has 0 aliphatic carbocycles. The number of hydrogen-bond donors (Lipinski definition) is 0. The molecule has 0 N–H and O–H groups in total. The summed E-state index contributed by atoms with van der Waals surface area (Å²) in [5.41, 5.74) is 1.92. The summed E-state index contributed by atoms with van der Waals surface area (Å²) >= 11 is 0. The molecule has 1 amide bonds. The molecule has 72 valence electrons. The fourth-order valence-corrected chi connectivity index (χ4v) is 0.876. The van der Waals surface area contributed by atoms with E-state index in [1.807, 2.05) is 45.0 Å². The van der Waals surface area contributed by atoms with Crippen molar-refractivity contribution in [3.8, 4) is 0 Å². The van der Waals surface area contributed by atoms with Crippen LogP contribution in [-0.4, -0.2) is 5.91 Å². The molecule has 0 aliphatic rings. The Morgan fingerprint density at radius 2 is 1.71 bits per heavy atom. The van der Waals surface area contributed by atoms with Gasteiger partial charge in [-0.05, 0) is 12.8 Å². The molecule has 1 rings (SSSR count). The molecule has 2 nitrogen and oxygen atoms in total. The standard InChI is InChI=1S/C11H15NO.Rf/c1-8(2)11(13)12-10-6-4-9(3)5-7-10;/h4-8H,1-3H3,(H,12,13);/p-1. The van der Waals surface area contributed by atoms with E-state index in [0.717, 1.165) is 5.69 Å². The van der Waals surface area contributed by atoms with Crippen LogP contribution in [0.1, 0.15) is 19.4 Å². The monoisotopic (exact) mass is 443 g/mol. The second-order valence-corrected chi connectivity index (χ2v) is 3.44. The van der Waals surface area contributed by atoms with E-state index in [9.17, 15) is 4.79 Å². The Balaban J connectivity index is 0.00000169. The molecule has 1 aromatic carbocycles. The van der Waals surface area contributed by atoms with E-state index in [0.29, 0.717) is 0 Å². The number of rotatable bonds is 2. The fourth-order valence-electron chi connectivity index (χ4n) is 0.876. The average Bonchev–Trinajstić information content (AvgIpc) is 2.08. The molecule has 3 heteroatoms. The Labute approximate surface area is 79.0 Å². The molecule has 0 heterocycles. The van der Waals surface area contributed by atoms with E-state index in [1.165, 1.54) is 5.56 Å². The van der Waals surface area contributed by atoms with Gasteiger partial charge in [-0.15, -0.1) is 5.69 Å². The molecule has 0 aromatic heterocycles. The number of nitrogens with zero attached hydrogens (tertiary/aromatic N) is 1. The van der Waals surface area contributed by atoms with Crippen molar-refractivity contribution in [1.29, 1.82) is 0 Å². The van der Waals surface area contributed by atoms with Gasteiger partial charge in [-0.3, -0.25) is 0 Å². The van der Waals surface area contributed by atoms with Crippen LogP contribution < -0.4 is 0 Å². The molecule has 1 aromatic rings. The maximum Gasteiger partial charge on any atom is 0.0570 e. The third kappa shape index (κ3) is 2.97. The Bertz CT molecular complexity index is 293. The van der Waals surface area contributed by atoms with Gasteiger partial charge in [-0.25, -0.2) is 0 Å². The summed E-state index contributed by atoms with van der Waals surface area (Å²) < 4.78 is 0. The number of carbonyl (C=O) groups is 1. The average molecular weight is 443 g/mol. The normalized spacial score (nSPS) is 9.43. The molecule has 0 atom stereocenters. The molecule has 0 spiro atoms. The van der Waals surface area contributed by atoms with Crippen molar-refractivity contribution in [3.63, 3.8) is 0 Å². The fraction of sp³-hybridized carbons (Fsp3) is 0.364. The van der Waals surface area contributed by atoms with Gasteiger partial charge in [0.25, 0.3) is 0 Å². The van der Waals surface area contributed by atoms with Crippen molar-refractivity contribution in [2.45, 2.75) is 20.8 Å². The quantitative estimate of drug-likeness (QED) is 0.691. The van der Waals surface area contributed by atoms with Crippen molar-refractivity contribution >= 4 is 11.6 Å². The molecule has 0 fully saturated rings. The van der Waals surface area contributed by atoms with Gasteiger partial charge in [0.15, 0.2) is 0 Å². The van der Waals surface area contributed by atoms with Gasteiger partial charge in [0, 0.05) is 0 Å². The summed E-state index contributed by atoms with van der Waals surface area (Å²) in [4.78, 5) is 11.2. The van der Waals surface area contributed by atoms with E-state index in [2.05, 4.69) is 5.32 Å². The van der Waals surface area contributed by atoms with Crippen molar-refractivity contribution < 1.29 is 4.79 Å². The van der Waals surface area contributed by atoms with Crippen LogP contribution in [0.25, 0.3) is 5.32 Å². The van der Waals surface area contributed by atoms with Crippen LogP contribution in [0.15, 0.2) is 24.3 Å². The Morgan fingerprint density at radius 1 is 1.21 bits per heavy atom. The van der Waals surface area contributed by atoms with Crippen molar-refractivity contribution in [3.05, 3.63) is 35.1 Å². The molecule has 0 unspecified atom stereocenters. The van der Waals surface area contributed by atoms with E-state index in [-0.39, 0.29) is 11.8 Å². The largest absolute Gasteiger partial charge is 0.627 e. The number of hydrogen-bond acceptors (Lipinski definition) is 1. The summed E-state index contributed by atoms with van der Waals surface area (Å²) in [7, 11) is 0. The molecule has 0 radical (unpaired) electrons. The summed E-state index contributed by atoms with van der Waals surface area (Å²) in [6.45, 7) is 5.70. The molecule has 0 saturated carbocycles. The van der Waals surface area contributed by atoms with Crippen molar-refractivity contribution in [2.75, 3.05) is 0 Å². The van der Waals surface area contributed by atoms with Crippen molar-refractivity contribution in [2.24, 2.45) is 5.92 Å². The summed E-state index contributed by atoms with van der Waals surface area (Å²) in [5, 5.41) is 3.96. The number of aryl methyl sites for hydroxylation is 1. The van der Waals surface area contributed by atoms with E-state index >= 15 is 0 Å². The van der Waals surface area contributed by atoms with E-state index in [4.69, 9.17) is 0 Å². The predicted molar refractivity (Wildman–Crippen MR) is 54.0 cm³/mol. The van der Waals surface area contributed by atoms with Gasteiger partial charge in [0.05, 0.1) is 5.91 Å². The maximum absolute atomic E-state index is 11.2. The zero-order chi connectivity index (χ0) is 9.84. The predicted octanol–water partition coefficient (Wildman–Crippen LogP) is 3.18. The first kappa shape index (κ1) is 11.7. The molecule has 14 heavy (non-hydrogen) atoms. The first-order chi connectivity index (χ1) is 6.09. The minimum atomic E-state index is -0.0659. The second-order valence-electron chi connectivity index (χ2n) is 3.44. The van der Waals surface area contributed by atoms with E-state index < -0.39 is 0 Å². The number of amides is 1. The summed E-state index contributed by atoms with van der Waals surface area (Å²) in [5.74, 6) is -0.0924. The molecule has 0 aliphatic heterocycles. The summed E-state index contributed by atoms with van der Waals surface area (Å²) in [6.07, 6.45) is 0. The third-order valence-electron chi connectivity index (χ3n) is 1.77. The van der Waals surface area contributed by atoms with Gasteiger partial charge in [0.1, 0.15) is 0 Å². The van der Waals surface area contributed by atoms with Gasteiger partial charge < -0.3 is 10.1 Å². The van der Waals surface area contributed by atoms with Gasteiger partial charge in [-0.1, -0.05) is 43.7 Å². The van der Waals surface area contributed by atoms with E-state index in [1.54, 1.807) is 0 Å². The minimum Gasteiger partial charge on any atom is -0.627 e. The van der Waals surface area contributed by atoms with Gasteiger partial charge >= 0.3 is 0 Å². The van der Waals surface area contributed by atoms with Crippen LogP contribution in [0.4, 0.5) is 5.69 Å². The van der Waals surface area contributed by atoms with Crippen LogP contribution in [0, 0.1) is 12.8 Å². The zero-order valence-corrected chi connectivity index (χ0v) is 15.3. The number of carbonyl (C=O) groups excluding carboxylic acids is 1. The van der Waals surface area contributed by atoms with Crippen LogP contribution in [0.5, 0.6) is 0 Å². The third-order valence-corrected chi connectivity index (χ3v) is 1.77. The second kappa shape index (κ2) is 4.65. The smallest absolute Gasteiger partial charge is 0.0570 e. The Hall–Kier alpha value is -2.31. The van der Waals surface area contributed by atoms with Crippen LogP contribution >= 0.6 is 0 Å². The van der Waals surface area contributed by atoms with Crippen LogP contribution in [-0.2, 0) is 4.79 Å². The molecular formula is C11H14NORf-. The molecule has 0 saturated heterocycles. The SMILES string of the molecule is Cc1ccc([N-]C(=O)C(C)C)cc1.[Rf]. The topological polar surface area (TPSA) is 31.2 Å². The maximum atomic E-state index is 11.2. The number of benzene rings is 1. The zero-order valence-electron chi connectivity index (χ0n) is 8.95. The summed E-state index contributed by atoms with van der Waals surface area (Å²) in [6, 6.07) is 7.62. The van der Waals surface area contributed by atoms with Gasteiger partial charge in [-0.2, -0.15) is 0 Å². The van der Waals surface area contributed by atoms with Crippen LogP contribution in [0.3, 0.4) is 0 Å². The molecule has 0 bridgehead atoms. The van der Waals surface area contributed by atoms with Crippen LogP contribution in [0.2, 0.25) is 0 Å². The molecular weight excluding hydrogens is 429 g/mol. The van der Waals surface area contributed by atoms with Gasteiger partial charge in [0.2, 0.25) is 0 Å². The van der Waals surface area contributed by atoms with Crippen molar-refractivity contribution in [1.82, 2.24) is 0 Å². The first-order valence-corrected chi connectivity index (χ1v) is 4.42.